The molecule has 3 fully saturated rings. The molecule has 14 heteroatoms. The molecular weight excluding hydrogens is 546 g/mol. The Kier molecular flexibility index (Phi) is 8.21. The van der Waals surface area contributed by atoms with Gasteiger partial charge in [0.2, 0.25) is 21.9 Å². The fraction of sp³-hybridized carbons (Fsp3) is 0.556. The van der Waals surface area contributed by atoms with Crippen molar-refractivity contribution < 1.29 is 17.9 Å². The Hall–Kier alpha value is -3.49. The smallest absolute Gasteiger partial charge is 0.229 e. The summed E-state index contributed by atoms with van der Waals surface area (Å²) in [5.41, 5.74) is 2.13. The number of sulfonamides is 1. The summed E-state index contributed by atoms with van der Waals surface area (Å²) < 4.78 is 38.2. The van der Waals surface area contributed by atoms with E-state index >= 15 is 0 Å². The van der Waals surface area contributed by atoms with Crippen LogP contribution in [-0.2, 0) is 14.8 Å². The predicted molar refractivity (Wildman–Crippen MR) is 158 cm³/mol. The highest BCUT2D eigenvalue weighted by Gasteiger charge is 2.25. The summed E-state index contributed by atoms with van der Waals surface area (Å²) in [5, 5.41) is 7.53. The number of piperazine rings is 1. The molecule has 0 radical (unpaired) electrons. The highest BCUT2D eigenvalue weighted by atomic mass is 32.2. The highest BCUT2D eigenvalue weighted by Crippen LogP contribution is 2.33. The first-order chi connectivity index (χ1) is 19.9. The molecule has 2 aliphatic heterocycles. The number of pyridine rings is 2. The molecule has 0 amide bonds. The Balaban J connectivity index is 1.13. The Bertz CT molecular complexity index is 1440. The Morgan fingerprint density at radius 2 is 1.68 bits per heavy atom. The van der Waals surface area contributed by atoms with Crippen molar-refractivity contribution in [2.24, 2.45) is 0 Å². The van der Waals surface area contributed by atoms with Gasteiger partial charge >= 0.3 is 0 Å². The summed E-state index contributed by atoms with van der Waals surface area (Å²) in [6, 6.07) is 3.92. The van der Waals surface area contributed by atoms with Crippen molar-refractivity contribution in [1.82, 2.24) is 25.3 Å². The Labute approximate surface area is 240 Å². The van der Waals surface area contributed by atoms with Crippen molar-refractivity contribution in [3.63, 3.8) is 0 Å². The molecule has 41 heavy (non-hydrogen) atoms. The van der Waals surface area contributed by atoms with Crippen LogP contribution in [0.25, 0.3) is 10.9 Å². The zero-order valence-electron chi connectivity index (χ0n) is 23.3. The SMILES string of the molecule is CS(=O)(=O)Nc1cnc2cc(N3CCOCC3)nc(OC3CCC(Nc4ncc(N5CCNCC5)cn4)CC3)c2c1. The van der Waals surface area contributed by atoms with Crippen molar-refractivity contribution in [2.45, 2.75) is 37.8 Å². The van der Waals surface area contributed by atoms with Gasteiger partial charge in [-0.2, -0.15) is 4.98 Å². The average Bonchev–Trinajstić information content (AvgIpc) is 2.99. The number of aromatic nitrogens is 4. The third kappa shape index (κ3) is 7.05. The Morgan fingerprint density at radius 3 is 2.39 bits per heavy atom. The molecule has 13 nitrogen and oxygen atoms in total. The lowest BCUT2D eigenvalue weighted by molar-refractivity contribution is 0.122. The van der Waals surface area contributed by atoms with Gasteiger partial charge in [0.1, 0.15) is 11.9 Å². The molecule has 3 aromatic heterocycles. The van der Waals surface area contributed by atoms with E-state index in [2.05, 4.69) is 40.1 Å². The average molecular weight is 584 g/mol. The first kappa shape index (κ1) is 27.7. The van der Waals surface area contributed by atoms with Crippen LogP contribution in [0.15, 0.2) is 30.7 Å². The van der Waals surface area contributed by atoms with Gasteiger partial charge in [-0.25, -0.2) is 18.4 Å². The second-order valence-corrected chi connectivity index (χ2v) is 12.5. The van der Waals surface area contributed by atoms with Crippen LogP contribution < -0.4 is 29.9 Å². The molecule has 5 heterocycles. The van der Waals surface area contributed by atoms with Crippen LogP contribution in [0.2, 0.25) is 0 Å². The third-order valence-corrected chi connectivity index (χ3v) is 8.28. The lowest BCUT2D eigenvalue weighted by Crippen LogP contribution is -2.43. The van der Waals surface area contributed by atoms with E-state index in [0.717, 1.165) is 82.7 Å². The van der Waals surface area contributed by atoms with E-state index in [-0.39, 0.29) is 12.1 Å². The predicted octanol–water partition coefficient (Wildman–Crippen LogP) is 1.84. The summed E-state index contributed by atoms with van der Waals surface area (Å²) in [6.07, 6.45) is 9.92. The van der Waals surface area contributed by atoms with Crippen molar-refractivity contribution in [2.75, 3.05) is 78.6 Å². The van der Waals surface area contributed by atoms with Crippen LogP contribution in [0.5, 0.6) is 5.88 Å². The summed E-state index contributed by atoms with van der Waals surface area (Å²) in [4.78, 5) is 23.0. The minimum atomic E-state index is -3.45. The largest absolute Gasteiger partial charge is 0.474 e. The molecule has 1 aliphatic carbocycles. The van der Waals surface area contributed by atoms with Crippen molar-refractivity contribution >= 4 is 44.1 Å². The standard InChI is InChI=1S/C27H37N9O4S/c1-41(37,38)34-20-14-23-24(29-16-20)15-25(36-10-12-39-13-11-36)33-26(23)40-22-4-2-19(3-5-22)32-27-30-17-21(18-31-27)35-8-6-28-7-9-35/h14-19,22,28,34H,2-13H2,1H3,(H,30,31,32). The normalized spacial score (nSPS) is 22.0. The van der Waals surface area contributed by atoms with Gasteiger partial charge in [-0.05, 0) is 31.7 Å². The highest BCUT2D eigenvalue weighted by molar-refractivity contribution is 7.92. The lowest BCUT2D eigenvalue weighted by atomic mass is 9.93. The molecule has 0 atom stereocenters. The van der Waals surface area contributed by atoms with Gasteiger partial charge < -0.3 is 29.9 Å². The molecule has 2 saturated heterocycles. The molecule has 1 saturated carbocycles. The molecule has 3 aromatic rings. The van der Waals surface area contributed by atoms with Gasteiger partial charge in [-0.1, -0.05) is 0 Å². The topological polar surface area (TPSA) is 147 Å². The second-order valence-electron chi connectivity index (χ2n) is 10.8. The van der Waals surface area contributed by atoms with Gasteiger partial charge in [0.25, 0.3) is 0 Å². The molecule has 0 aromatic carbocycles. The number of rotatable bonds is 8. The quantitative estimate of drug-likeness (QED) is 0.356. The summed E-state index contributed by atoms with van der Waals surface area (Å²) in [7, 11) is -3.45. The maximum atomic E-state index is 11.8. The maximum absolute atomic E-state index is 11.8. The lowest BCUT2D eigenvalue weighted by Gasteiger charge is -2.31. The molecule has 3 N–H and O–H groups in total. The zero-order valence-corrected chi connectivity index (χ0v) is 24.1. The van der Waals surface area contributed by atoms with Crippen LogP contribution in [0, 0.1) is 0 Å². The van der Waals surface area contributed by atoms with E-state index in [4.69, 9.17) is 14.5 Å². The van der Waals surface area contributed by atoms with Gasteiger partial charge in [-0.15, -0.1) is 0 Å². The number of anilines is 4. The van der Waals surface area contributed by atoms with Crippen molar-refractivity contribution in [1.29, 1.82) is 0 Å². The number of morpholine rings is 1. The van der Waals surface area contributed by atoms with E-state index in [1.54, 1.807) is 6.07 Å². The van der Waals surface area contributed by atoms with E-state index in [1.165, 1.54) is 6.20 Å². The fourth-order valence-corrected chi connectivity index (χ4v) is 6.08. The van der Waals surface area contributed by atoms with Gasteiger partial charge in [0, 0.05) is 51.4 Å². The molecular formula is C27H37N9O4S. The van der Waals surface area contributed by atoms with Gasteiger partial charge in [0.05, 0.1) is 60.3 Å². The minimum Gasteiger partial charge on any atom is -0.474 e. The summed E-state index contributed by atoms with van der Waals surface area (Å²) >= 11 is 0. The monoisotopic (exact) mass is 583 g/mol. The zero-order chi connectivity index (χ0) is 28.2. The number of fused-ring (bicyclic) bond motifs is 1. The van der Waals surface area contributed by atoms with E-state index < -0.39 is 10.0 Å². The van der Waals surface area contributed by atoms with Crippen LogP contribution in [0.4, 0.5) is 23.1 Å². The maximum Gasteiger partial charge on any atom is 0.229 e. The van der Waals surface area contributed by atoms with E-state index in [9.17, 15) is 8.42 Å². The Morgan fingerprint density at radius 1 is 0.951 bits per heavy atom. The summed E-state index contributed by atoms with van der Waals surface area (Å²) in [6.45, 7) is 6.63. The van der Waals surface area contributed by atoms with E-state index in [0.29, 0.717) is 41.6 Å². The van der Waals surface area contributed by atoms with Crippen LogP contribution >= 0.6 is 0 Å². The molecule has 0 spiro atoms. The minimum absolute atomic E-state index is 0.0220. The molecule has 220 valence electrons. The molecule has 6 rings (SSSR count). The van der Waals surface area contributed by atoms with Crippen LogP contribution in [0.3, 0.4) is 0 Å². The van der Waals surface area contributed by atoms with Crippen molar-refractivity contribution in [3.05, 3.63) is 30.7 Å². The number of hydrogen-bond acceptors (Lipinski definition) is 12. The second kappa shape index (κ2) is 12.2. The first-order valence-corrected chi connectivity index (χ1v) is 16.1. The van der Waals surface area contributed by atoms with Crippen LogP contribution in [-0.4, -0.2) is 99.2 Å². The number of nitrogens with one attached hydrogen (secondary N) is 3. The number of ether oxygens (including phenoxy) is 2. The van der Waals surface area contributed by atoms with Crippen LogP contribution in [0.1, 0.15) is 25.7 Å². The first-order valence-electron chi connectivity index (χ1n) is 14.2. The van der Waals surface area contributed by atoms with Gasteiger partial charge in [-0.3, -0.25) is 9.71 Å². The van der Waals surface area contributed by atoms with Gasteiger partial charge in [0.15, 0.2) is 0 Å². The fourth-order valence-electron chi connectivity index (χ4n) is 5.54. The molecule has 0 unspecified atom stereocenters. The summed E-state index contributed by atoms with van der Waals surface area (Å²) in [5.74, 6) is 1.90. The van der Waals surface area contributed by atoms with E-state index in [1.807, 2.05) is 18.5 Å². The third-order valence-electron chi connectivity index (χ3n) is 7.68. The number of hydrogen-bond donors (Lipinski definition) is 3. The number of nitrogens with zero attached hydrogens (tertiary/aromatic N) is 6. The molecule has 0 bridgehead atoms. The molecule has 3 aliphatic rings. The van der Waals surface area contributed by atoms with Crippen molar-refractivity contribution in [3.8, 4) is 5.88 Å².